The molecule has 2 heterocycles. The number of fused-ring (bicyclic) bond motifs is 1. The van der Waals surface area contributed by atoms with Gasteiger partial charge in [0.2, 0.25) is 5.66 Å². The Balaban J connectivity index is 2.37. The Morgan fingerprint density at radius 2 is 2.23 bits per heavy atom. The van der Waals surface area contributed by atoms with Gasteiger partial charge in [-0.2, -0.15) is 0 Å². The molecule has 0 aromatic rings. The van der Waals surface area contributed by atoms with E-state index in [1.165, 1.54) is 12.7 Å². The first-order valence-corrected chi connectivity index (χ1v) is 3.44. The predicted octanol–water partition coefficient (Wildman–Crippen LogP) is -1.99. The molecule has 8 heteroatoms. The molecule has 5 N–H and O–H groups in total. The Morgan fingerprint density at radius 1 is 1.38 bits per heavy atom. The van der Waals surface area contributed by atoms with Crippen molar-refractivity contribution in [3.8, 4) is 0 Å². The molecule has 0 saturated heterocycles. The van der Waals surface area contributed by atoms with Crippen LogP contribution in [0.4, 0.5) is 0 Å². The largest absolute Gasteiger partial charge is 0.297 e. The highest BCUT2D eigenvalue weighted by molar-refractivity contribution is 6.23. The van der Waals surface area contributed by atoms with Crippen molar-refractivity contribution in [2.24, 2.45) is 25.7 Å². The van der Waals surface area contributed by atoms with E-state index in [0.717, 1.165) is 0 Å². The SMILES string of the molecule is NC12N=CN=C1N=CN=C2NNO. The van der Waals surface area contributed by atoms with Gasteiger partial charge in [0.1, 0.15) is 12.7 Å². The predicted molar refractivity (Wildman–Crippen MR) is 46.8 cm³/mol. The summed E-state index contributed by atoms with van der Waals surface area (Å²) in [6, 6.07) is 0. The molecule has 0 aliphatic carbocycles. The Bertz CT molecular complexity index is 343. The molecule has 2 aliphatic heterocycles. The fourth-order valence-corrected chi connectivity index (χ4v) is 1.05. The van der Waals surface area contributed by atoms with Crippen molar-refractivity contribution >= 4 is 24.3 Å². The monoisotopic (exact) mass is 181 g/mol. The maximum atomic E-state index is 8.42. The Hall–Kier alpha value is -1.64. The van der Waals surface area contributed by atoms with Crippen molar-refractivity contribution in [2.75, 3.05) is 0 Å². The quantitative estimate of drug-likeness (QED) is 0.350. The number of hydrogen-bond acceptors (Lipinski definition) is 8. The molecule has 0 aromatic carbocycles. The summed E-state index contributed by atoms with van der Waals surface area (Å²) < 4.78 is 0. The van der Waals surface area contributed by atoms with Gasteiger partial charge in [-0.05, 0) is 0 Å². The van der Waals surface area contributed by atoms with E-state index in [1.54, 1.807) is 5.59 Å². The lowest BCUT2D eigenvalue weighted by Gasteiger charge is -2.24. The maximum absolute atomic E-state index is 8.42. The third-order valence-electron chi connectivity index (χ3n) is 1.68. The third kappa shape index (κ3) is 1.04. The highest BCUT2D eigenvalue weighted by atomic mass is 16.5. The summed E-state index contributed by atoms with van der Waals surface area (Å²) in [7, 11) is 0. The first-order chi connectivity index (χ1) is 6.27. The molecule has 8 nitrogen and oxygen atoms in total. The van der Waals surface area contributed by atoms with Crippen LogP contribution in [0.5, 0.6) is 0 Å². The van der Waals surface area contributed by atoms with Gasteiger partial charge in [0.15, 0.2) is 11.7 Å². The number of amidine groups is 2. The number of hydrogen-bond donors (Lipinski definition) is 4. The molecule has 68 valence electrons. The van der Waals surface area contributed by atoms with Crippen LogP contribution in [0.2, 0.25) is 0 Å². The standard InChI is InChI=1S/C5H7N7O/c6-5-3(9-2-10-5)7-1-8-4(5)11-12-13/h1-2,12-13H,6H2,(H,7,8,9,10,11). The van der Waals surface area contributed by atoms with Crippen molar-refractivity contribution in [3.63, 3.8) is 0 Å². The molecule has 1 atom stereocenters. The summed E-state index contributed by atoms with van der Waals surface area (Å²) in [5, 5.41) is 8.42. The molecular weight excluding hydrogens is 174 g/mol. The summed E-state index contributed by atoms with van der Waals surface area (Å²) in [5.74, 6) is 0.567. The number of nitrogens with zero attached hydrogens (tertiary/aromatic N) is 4. The van der Waals surface area contributed by atoms with E-state index in [2.05, 4.69) is 25.4 Å². The highest BCUT2D eigenvalue weighted by Gasteiger charge is 2.41. The zero-order valence-electron chi connectivity index (χ0n) is 6.47. The lowest BCUT2D eigenvalue weighted by molar-refractivity contribution is 0.143. The van der Waals surface area contributed by atoms with Crippen LogP contribution in [0.1, 0.15) is 0 Å². The second-order valence-corrected chi connectivity index (χ2v) is 2.42. The van der Waals surface area contributed by atoms with Crippen molar-refractivity contribution in [3.05, 3.63) is 0 Å². The van der Waals surface area contributed by atoms with Crippen LogP contribution < -0.4 is 16.7 Å². The van der Waals surface area contributed by atoms with Gasteiger partial charge in [0, 0.05) is 0 Å². The number of nitrogens with two attached hydrogens (primary N) is 1. The molecule has 2 rings (SSSR count). The average Bonchev–Trinajstić information content (AvgIpc) is 2.49. The van der Waals surface area contributed by atoms with E-state index in [0.29, 0.717) is 5.84 Å². The van der Waals surface area contributed by atoms with Gasteiger partial charge in [-0.3, -0.25) is 16.4 Å². The molecule has 1 unspecified atom stereocenters. The second-order valence-electron chi connectivity index (χ2n) is 2.42. The summed E-state index contributed by atoms with van der Waals surface area (Å²) >= 11 is 0. The molecule has 0 fully saturated rings. The molecule has 13 heavy (non-hydrogen) atoms. The van der Waals surface area contributed by atoms with Gasteiger partial charge in [-0.15, -0.1) is 5.59 Å². The number of hydrazine groups is 1. The van der Waals surface area contributed by atoms with Crippen LogP contribution in [0.3, 0.4) is 0 Å². The zero-order valence-corrected chi connectivity index (χ0v) is 6.47. The fraction of sp³-hybridized carbons (Fsp3) is 0.200. The van der Waals surface area contributed by atoms with E-state index < -0.39 is 5.66 Å². The van der Waals surface area contributed by atoms with E-state index in [-0.39, 0.29) is 5.84 Å². The summed E-state index contributed by atoms with van der Waals surface area (Å²) in [5.41, 5.74) is 8.67. The molecule has 0 aromatic heterocycles. The second kappa shape index (κ2) is 2.69. The number of aliphatic imine (C=N–C) groups is 4. The highest BCUT2D eigenvalue weighted by Crippen LogP contribution is 2.15. The smallest absolute Gasteiger partial charge is 0.229 e. The van der Waals surface area contributed by atoms with Gasteiger partial charge in [-0.25, -0.2) is 20.0 Å². The molecule has 2 aliphatic rings. The number of nitrogens with one attached hydrogen (secondary N) is 2. The molecule has 0 radical (unpaired) electrons. The van der Waals surface area contributed by atoms with Crippen molar-refractivity contribution in [1.82, 2.24) is 11.0 Å². The van der Waals surface area contributed by atoms with E-state index in [1.807, 2.05) is 0 Å². The molecule has 0 saturated carbocycles. The summed E-state index contributed by atoms with van der Waals surface area (Å²) in [6.45, 7) is 0. The van der Waals surface area contributed by atoms with Crippen LogP contribution in [-0.4, -0.2) is 35.2 Å². The summed E-state index contributed by atoms with van der Waals surface area (Å²) in [4.78, 5) is 15.4. The van der Waals surface area contributed by atoms with Gasteiger partial charge >= 0.3 is 0 Å². The zero-order chi connectivity index (χ0) is 9.31. The molecular formula is C5H7N7O. The van der Waals surface area contributed by atoms with Crippen molar-refractivity contribution in [2.45, 2.75) is 5.66 Å². The Kier molecular flexibility index (Phi) is 1.65. The van der Waals surface area contributed by atoms with Crippen molar-refractivity contribution in [1.29, 1.82) is 0 Å². The normalized spacial score (nSPS) is 29.7. The van der Waals surface area contributed by atoms with Crippen LogP contribution >= 0.6 is 0 Å². The lowest BCUT2D eigenvalue weighted by Crippen LogP contribution is -2.60. The first-order valence-electron chi connectivity index (χ1n) is 3.44. The Labute approximate surface area is 72.9 Å². The minimum atomic E-state index is -1.20. The van der Waals surface area contributed by atoms with Crippen molar-refractivity contribution < 1.29 is 5.21 Å². The van der Waals surface area contributed by atoms with Crippen LogP contribution in [0.25, 0.3) is 0 Å². The van der Waals surface area contributed by atoms with Gasteiger partial charge in [0.25, 0.3) is 0 Å². The van der Waals surface area contributed by atoms with Gasteiger partial charge in [-0.1, -0.05) is 0 Å². The van der Waals surface area contributed by atoms with Gasteiger partial charge in [0.05, 0.1) is 0 Å². The first kappa shape index (κ1) is 7.98. The molecule has 0 bridgehead atoms. The Morgan fingerprint density at radius 3 is 3.00 bits per heavy atom. The lowest BCUT2D eigenvalue weighted by atomic mass is 10.1. The van der Waals surface area contributed by atoms with Gasteiger partial charge < -0.3 is 0 Å². The number of rotatable bonds is 1. The van der Waals surface area contributed by atoms with E-state index in [4.69, 9.17) is 10.9 Å². The third-order valence-corrected chi connectivity index (χ3v) is 1.68. The molecule has 0 spiro atoms. The minimum absolute atomic E-state index is 0.234. The molecule has 0 amide bonds. The topological polar surface area (TPSA) is 120 Å². The minimum Gasteiger partial charge on any atom is -0.297 e. The maximum Gasteiger partial charge on any atom is 0.229 e. The van der Waals surface area contributed by atoms with E-state index in [9.17, 15) is 0 Å². The van der Waals surface area contributed by atoms with Crippen LogP contribution in [0.15, 0.2) is 20.0 Å². The fourth-order valence-electron chi connectivity index (χ4n) is 1.05. The van der Waals surface area contributed by atoms with E-state index >= 15 is 0 Å². The summed E-state index contributed by atoms with van der Waals surface area (Å²) in [6.07, 6.45) is 2.57. The average molecular weight is 181 g/mol. The van der Waals surface area contributed by atoms with Crippen LogP contribution in [-0.2, 0) is 0 Å². The van der Waals surface area contributed by atoms with Crippen LogP contribution in [0, 0.1) is 0 Å².